The summed E-state index contributed by atoms with van der Waals surface area (Å²) in [6.45, 7) is 2.48. The van der Waals surface area contributed by atoms with Crippen LogP contribution in [-0.4, -0.2) is 34.3 Å². The zero-order valence-electron chi connectivity index (χ0n) is 17.7. The molecule has 0 amide bonds. The number of nitrogens with one attached hydrogen (secondary N) is 1. The van der Waals surface area contributed by atoms with E-state index >= 15 is 0 Å². The summed E-state index contributed by atoms with van der Waals surface area (Å²) in [6.07, 6.45) is 2.76. The molecule has 0 saturated heterocycles. The van der Waals surface area contributed by atoms with Gasteiger partial charge in [0.05, 0.1) is 22.3 Å². The lowest BCUT2D eigenvalue weighted by Gasteiger charge is -2.08. The fourth-order valence-electron chi connectivity index (χ4n) is 3.00. The van der Waals surface area contributed by atoms with E-state index in [-0.39, 0.29) is 10.6 Å². The molecule has 11 nitrogen and oxygen atoms in total. The number of furan rings is 1. The van der Waals surface area contributed by atoms with Gasteiger partial charge >= 0.3 is 0 Å². The zero-order valence-corrected chi connectivity index (χ0v) is 19.4. The first-order valence-electron chi connectivity index (χ1n) is 9.92. The van der Waals surface area contributed by atoms with Crippen LogP contribution >= 0.6 is 11.8 Å². The van der Waals surface area contributed by atoms with E-state index in [2.05, 4.69) is 20.1 Å². The summed E-state index contributed by atoms with van der Waals surface area (Å²) in [5.41, 5.74) is 0.171. The summed E-state index contributed by atoms with van der Waals surface area (Å²) >= 11 is 1.21. The van der Waals surface area contributed by atoms with Crippen molar-refractivity contribution in [1.29, 1.82) is 0 Å². The van der Waals surface area contributed by atoms with Crippen molar-refractivity contribution in [3.8, 4) is 11.6 Å². The molecule has 0 spiro atoms. The molecule has 0 aliphatic heterocycles. The van der Waals surface area contributed by atoms with Crippen LogP contribution in [-0.2, 0) is 16.6 Å². The summed E-state index contributed by atoms with van der Waals surface area (Å²) in [6, 6.07) is 15.5. The van der Waals surface area contributed by atoms with Gasteiger partial charge in [-0.1, -0.05) is 18.2 Å². The van der Waals surface area contributed by atoms with Crippen molar-refractivity contribution in [2.45, 2.75) is 28.4 Å². The standard InChI is InChI=1S/C21H18N6O5S2/c1-2-26-20(18-9-6-12-32-18)23-24-21(26)33-19-11-10-16(27(28)29)13-15(19)14-22-25-34(30,31)17-7-4-3-5-8-17/h3-14,25H,2H2,1H3/b22-14-. The Labute approximate surface area is 198 Å². The lowest BCUT2D eigenvalue weighted by atomic mass is 10.2. The molecule has 174 valence electrons. The maximum Gasteiger partial charge on any atom is 0.276 e. The van der Waals surface area contributed by atoms with Gasteiger partial charge < -0.3 is 4.42 Å². The molecule has 0 saturated carbocycles. The van der Waals surface area contributed by atoms with Crippen molar-refractivity contribution >= 4 is 33.7 Å². The molecular formula is C21H18N6O5S2. The topological polar surface area (TPSA) is 146 Å². The quantitative estimate of drug-likeness (QED) is 0.207. The number of hydrogen-bond acceptors (Lipinski definition) is 9. The molecule has 34 heavy (non-hydrogen) atoms. The molecule has 0 fully saturated rings. The third-order valence-corrected chi connectivity index (χ3v) is 6.92. The summed E-state index contributed by atoms with van der Waals surface area (Å²) in [7, 11) is -3.89. The number of nitro benzene ring substituents is 1. The first-order chi connectivity index (χ1) is 16.4. The highest BCUT2D eigenvalue weighted by molar-refractivity contribution is 7.99. The smallest absolute Gasteiger partial charge is 0.276 e. The van der Waals surface area contributed by atoms with E-state index in [0.29, 0.717) is 33.7 Å². The summed E-state index contributed by atoms with van der Waals surface area (Å²) < 4.78 is 32.1. The predicted octanol–water partition coefficient (Wildman–Crippen LogP) is 3.93. The van der Waals surface area contributed by atoms with E-state index in [4.69, 9.17) is 4.42 Å². The Bertz CT molecular complexity index is 1430. The van der Waals surface area contributed by atoms with E-state index < -0.39 is 14.9 Å². The maximum atomic E-state index is 12.4. The molecule has 4 rings (SSSR count). The van der Waals surface area contributed by atoms with Gasteiger partial charge in [-0.15, -0.1) is 10.2 Å². The van der Waals surface area contributed by atoms with Gasteiger partial charge in [-0.05, 0) is 49.0 Å². The van der Waals surface area contributed by atoms with Crippen LogP contribution in [0.4, 0.5) is 5.69 Å². The SMILES string of the molecule is CCn1c(Sc2ccc([N+](=O)[O-])cc2/C=N\NS(=O)(=O)c2ccccc2)nnc1-c1ccco1. The molecule has 2 heterocycles. The molecule has 1 N–H and O–H groups in total. The molecule has 0 bridgehead atoms. The minimum Gasteiger partial charge on any atom is -0.461 e. The number of nitrogens with zero attached hydrogens (tertiary/aromatic N) is 5. The fourth-order valence-corrected chi connectivity index (χ4v) is 4.78. The van der Waals surface area contributed by atoms with Gasteiger partial charge in [0, 0.05) is 29.1 Å². The van der Waals surface area contributed by atoms with Gasteiger partial charge in [0.1, 0.15) is 0 Å². The van der Waals surface area contributed by atoms with Crippen LogP contribution in [0.1, 0.15) is 12.5 Å². The van der Waals surface area contributed by atoms with Crippen LogP contribution in [0.2, 0.25) is 0 Å². The van der Waals surface area contributed by atoms with E-state index in [1.807, 2.05) is 11.5 Å². The normalized spacial score (nSPS) is 11.7. The molecule has 2 aromatic heterocycles. The van der Waals surface area contributed by atoms with Gasteiger partial charge in [0.25, 0.3) is 15.7 Å². The number of sulfonamides is 1. The summed E-state index contributed by atoms with van der Waals surface area (Å²) in [5.74, 6) is 1.10. The number of non-ortho nitro benzene ring substituents is 1. The Kier molecular flexibility index (Phi) is 6.75. The maximum absolute atomic E-state index is 12.4. The van der Waals surface area contributed by atoms with Gasteiger partial charge in [-0.25, -0.2) is 4.83 Å². The van der Waals surface area contributed by atoms with E-state index in [9.17, 15) is 18.5 Å². The molecule has 2 aromatic carbocycles. The second-order valence-electron chi connectivity index (χ2n) is 6.78. The highest BCUT2D eigenvalue weighted by atomic mass is 32.2. The lowest BCUT2D eigenvalue weighted by molar-refractivity contribution is -0.384. The molecule has 0 aliphatic rings. The van der Waals surface area contributed by atoms with Crippen molar-refractivity contribution in [2.75, 3.05) is 0 Å². The second-order valence-corrected chi connectivity index (χ2v) is 9.44. The van der Waals surface area contributed by atoms with E-state index in [0.717, 1.165) is 0 Å². The molecule has 0 unspecified atom stereocenters. The van der Waals surface area contributed by atoms with Crippen LogP contribution in [0.25, 0.3) is 11.6 Å². The number of benzene rings is 2. The molecule has 0 atom stereocenters. The van der Waals surface area contributed by atoms with E-state index in [1.165, 1.54) is 48.5 Å². The van der Waals surface area contributed by atoms with Crippen molar-refractivity contribution in [3.63, 3.8) is 0 Å². The van der Waals surface area contributed by atoms with Gasteiger partial charge in [-0.2, -0.15) is 13.5 Å². The second kappa shape index (κ2) is 9.89. The van der Waals surface area contributed by atoms with Crippen LogP contribution < -0.4 is 4.83 Å². The number of aromatic nitrogens is 3. The fraction of sp³-hybridized carbons (Fsp3) is 0.0952. The van der Waals surface area contributed by atoms with Crippen LogP contribution in [0.15, 0.2) is 91.4 Å². The Balaban J connectivity index is 1.64. The minimum atomic E-state index is -3.89. The van der Waals surface area contributed by atoms with Gasteiger partial charge in [0.2, 0.25) is 0 Å². The number of nitro groups is 1. The first kappa shape index (κ1) is 23.2. The van der Waals surface area contributed by atoms with Crippen molar-refractivity contribution in [1.82, 2.24) is 19.6 Å². The van der Waals surface area contributed by atoms with E-state index in [1.54, 1.807) is 36.4 Å². The Morgan fingerprint density at radius 1 is 1.18 bits per heavy atom. The highest BCUT2D eigenvalue weighted by Gasteiger charge is 2.18. The Morgan fingerprint density at radius 2 is 1.97 bits per heavy atom. The molecule has 4 aromatic rings. The van der Waals surface area contributed by atoms with Crippen LogP contribution in [0, 0.1) is 10.1 Å². The predicted molar refractivity (Wildman–Crippen MR) is 125 cm³/mol. The van der Waals surface area contributed by atoms with Crippen molar-refractivity contribution in [2.24, 2.45) is 5.10 Å². The first-order valence-corrected chi connectivity index (χ1v) is 12.2. The Morgan fingerprint density at radius 3 is 2.65 bits per heavy atom. The summed E-state index contributed by atoms with van der Waals surface area (Å²) in [5, 5.41) is 24.1. The minimum absolute atomic E-state index is 0.0438. The Hall–Kier alpha value is -3.97. The monoisotopic (exact) mass is 498 g/mol. The van der Waals surface area contributed by atoms with Gasteiger partial charge in [0.15, 0.2) is 16.7 Å². The third kappa shape index (κ3) is 5.00. The molecule has 0 radical (unpaired) electrons. The average molecular weight is 499 g/mol. The largest absolute Gasteiger partial charge is 0.461 e. The number of rotatable bonds is 9. The number of hydrogen-bond donors (Lipinski definition) is 1. The van der Waals surface area contributed by atoms with Crippen molar-refractivity contribution < 1.29 is 17.8 Å². The average Bonchev–Trinajstić information content (AvgIpc) is 3.50. The number of hydrazone groups is 1. The molecule has 0 aliphatic carbocycles. The highest BCUT2D eigenvalue weighted by Crippen LogP contribution is 2.33. The van der Waals surface area contributed by atoms with Crippen molar-refractivity contribution in [3.05, 3.63) is 82.6 Å². The van der Waals surface area contributed by atoms with Crippen LogP contribution in [0.5, 0.6) is 0 Å². The third-order valence-electron chi connectivity index (χ3n) is 4.61. The summed E-state index contributed by atoms with van der Waals surface area (Å²) in [4.78, 5) is 13.5. The lowest BCUT2D eigenvalue weighted by Crippen LogP contribution is -2.18. The van der Waals surface area contributed by atoms with Gasteiger partial charge in [-0.3, -0.25) is 14.7 Å². The zero-order chi connectivity index (χ0) is 24.1. The molecular weight excluding hydrogens is 480 g/mol. The van der Waals surface area contributed by atoms with Crippen LogP contribution in [0.3, 0.4) is 0 Å². The molecule has 13 heteroatoms.